The monoisotopic (exact) mass is 271 g/mol. The topological polar surface area (TPSA) is 62.3 Å². The molecule has 0 bridgehead atoms. The number of rotatable bonds is 2. The van der Waals surface area contributed by atoms with E-state index in [2.05, 4.69) is 22.1 Å². The second-order valence-corrected chi connectivity index (χ2v) is 4.65. The van der Waals surface area contributed by atoms with Gasteiger partial charge in [-0.3, -0.25) is 14.6 Å². The van der Waals surface area contributed by atoms with Crippen LogP contribution in [0.15, 0.2) is 24.5 Å². The predicted molar refractivity (Wildman–Crippen MR) is 74.8 cm³/mol. The zero-order valence-electron chi connectivity index (χ0n) is 11.4. The Kier molecular flexibility index (Phi) is 4.72. The molecule has 2 heterocycles. The molecule has 0 aromatic carbocycles. The lowest BCUT2D eigenvalue weighted by Gasteiger charge is -2.32. The van der Waals surface area contributed by atoms with Gasteiger partial charge in [0.05, 0.1) is 0 Å². The standard InChI is InChI=1S/C15H17N3O2/c1-2-3-14(19)17-13-6-10-18(11-7-13)15(20)12-4-8-16-9-5-12/h4-5,8-9,13H,6-7,10-11H2,1H3,(H,17,19). The number of aromatic nitrogens is 1. The number of carbonyl (C=O) groups excluding carboxylic acids is 2. The number of nitrogens with zero attached hydrogens (tertiary/aromatic N) is 2. The smallest absolute Gasteiger partial charge is 0.296 e. The van der Waals surface area contributed by atoms with E-state index in [0.717, 1.165) is 12.8 Å². The summed E-state index contributed by atoms with van der Waals surface area (Å²) >= 11 is 0. The van der Waals surface area contributed by atoms with Gasteiger partial charge in [-0.2, -0.15) is 0 Å². The minimum absolute atomic E-state index is 0.0190. The summed E-state index contributed by atoms with van der Waals surface area (Å²) in [5.74, 6) is 4.81. The lowest BCUT2D eigenvalue weighted by molar-refractivity contribution is -0.116. The molecule has 0 aliphatic carbocycles. The third-order valence-electron chi connectivity index (χ3n) is 3.28. The molecule has 1 aliphatic rings. The van der Waals surface area contributed by atoms with E-state index in [1.54, 1.807) is 31.5 Å². The molecule has 0 spiro atoms. The molecule has 0 saturated carbocycles. The summed E-state index contributed by atoms with van der Waals surface area (Å²) in [6.07, 6.45) is 4.75. The van der Waals surface area contributed by atoms with E-state index in [-0.39, 0.29) is 17.9 Å². The quantitative estimate of drug-likeness (QED) is 0.810. The van der Waals surface area contributed by atoms with Gasteiger partial charge in [0.2, 0.25) is 0 Å². The second-order valence-electron chi connectivity index (χ2n) is 4.65. The van der Waals surface area contributed by atoms with Crippen LogP contribution in [-0.4, -0.2) is 40.8 Å². The third-order valence-corrected chi connectivity index (χ3v) is 3.28. The highest BCUT2D eigenvalue weighted by Gasteiger charge is 2.24. The van der Waals surface area contributed by atoms with Crippen molar-refractivity contribution < 1.29 is 9.59 Å². The van der Waals surface area contributed by atoms with Gasteiger partial charge >= 0.3 is 0 Å². The van der Waals surface area contributed by atoms with Gasteiger partial charge in [0, 0.05) is 37.1 Å². The Balaban J connectivity index is 1.86. The number of likely N-dealkylation sites (tertiary alicyclic amines) is 1. The molecule has 2 amide bonds. The normalized spacial score (nSPS) is 15.2. The van der Waals surface area contributed by atoms with Crippen molar-refractivity contribution >= 4 is 11.8 Å². The molecular weight excluding hydrogens is 254 g/mol. The minimum atomic E-state index is -0.244. The van der Waals surface area contributed by atoms with Crippen LogP contribution in [0.25, 0.3) is 0 Å². The van der Waals surface area contributed by atoms with Gasteiger partial charge in [-0.05, 0) is 37.8 Å². The number of amides is 2. The molecule has 1 aromatic rings. The van der Waals surface area contributed by atoms with Crippen LogP contribution in [-0.2, 0) is 4.79 Å². The van der Waals surface area contributed by atoms with E-state index in [4.69, 9.17) is 0 Å². The van der Waals surface area contributed by atoms with Gasteiger partial charge in [0.25, 0.3) is 11.8 Å². The first-order valence-corrected chi connectivity index (χ1v) is 6.63. The molecule has 5 heteroatoms. The maximum atomic E-state index is 12.2. The van der Waals surface area contributed by atoms with E-state index in [0.29, 0.717) is 18.7 Å². The predicted octanol–water partition coefficient (Wildman–Crippen LogP) is 0.826. The van der Waals surface area contributed by atoms with Gasteiger partial charge in [0.1, 0.15) is 0 Å². The van der Waals surface area contributed by atoms with Crippen LogP contribution in [0, 0.1) is 11.8 Å². The first-order valence-electron chi connectivity index (χ1n) is 6.63. The molecule has 20 heavy (non-hydrogen) atoms. The molecule has 5 nitrogen and oxygen atoms in total. The first kappa shape index (κ1) is 14.1. The van der Waals surface area contributed by atoms with Crippen LogP contribution in [0.2, 0.25) is 0 Å². The highest BCUT2D eigenvalue weighted by molar-refractivity contribution is 5.94. The van der Waals surface area contributed by atoms with Crippen molar-refractivity contribution in [1.29, 1.82) is 0 Å². The summed E-state index contributed by atoms with van der Waals surface area (Å²) in [6.45, 7) is 2.92. The SMILES string of the molecule is CC#CC(=O)NC1CCN(C(=O)c2ccncc2)CC1. The molecular formula is C15H17N3O2. The maximum Gasteiger partial charge on any atom is 0.296 e. The highest BCUT2D eigenvalue weighted by atomic mass is 16.2. The Morgan fingerprint density at radius 2 is 1.95 bits per heavy atom. The third kappa shape index (κ3) is 3.58. The van der Waals surface area contributed by atoms with Crippen LogP contribution in [0.5, 0.6) is 0 Å². The number of nitrogens with one attached hydrogen (secondary N) is 1. The van der Waals surface area contributed by atoms with Gasteiger partial charge in [0.15, 0.2) is 0 Å². The molecule has 0 unspecified atom stereocenters. The number of carbonyl (C=O) groups is 2. The van der Waals surface area contributed by atoms with Crippen molar-refractivity contribution in [3.8, 4) is 11.8 Å². The number of pyridine rings is 1. The Bertz CT molecular complexity index is 537. The second kappa shape index (κ2) is 6.71. The van der Waals surface area contributed by atoms with E-state index >= 15 is 0 Å². The largest absolute Gasteiger partial charge is 0.342 e. The van der Waals surface area contributed by atoms with E-state index in [1.165, 1.54) is 0 Å². The first-order chi connectivity index (χ1) is 9.70. The summed E-state index contributed by atoms with van der Waals surface area (Å²) in [5, 5.41) is 2.86. The fraction of sp³-hybridized carbons (Fsp3) is 0.400. The van der Waals surface area contributed by atoms with Gasteiger partial charge in [-0.25, -0.2) is 0 Å². The van der Waals surface area contributed by atoms with E-state index in [1.807, 2.05) is 4.90 Å². The van der Waals surface area contributed by atoms with E-state index < -0.39 is 0 Å². The number of piperidine rings is 1. The fourth-order valence-electron chi connectivity index (χ4n) is 2.24. The van der Waals surface area contributed by atoms with Crippen molar-refractivity contribution in [2.24, 2.45) is 0 Å². The van der Waals surface area contributed by atoms with Crippen molar-refractivity contribution in [1.82, 2.24) is 15.2 Å². The number of hydrogen-bond donors (Lipinski definition) is 1. The summed E-state index contributed by atoms with van der Waals surface area (Å²) in [6, 6.07) is 3.53. The molecule has 1 saturated heterocycles. The summed E-state index contributed by atoms with van der Waals surface area (Å²) in [7, 11) is 0. The van der Waals surface area contributed by atoms with Gasteiger partial charge in [-0.15, -0.1) is 0 Å². The Morgan fingerprint density at radius 3 is 2.55 bits per heavy atom. The van der Waals surface area contributed by atoms with Crippen LogP contribution in [0.3, 0.4) is 0 Å². The average molecular weight is 271 g/mol. The van der Waals surface area contributed by atoms with Gasteiger partial charge < -0.3 is 10.2 Å². The zero-order chi connectivity index (χ0) is 14.4. The Hall–Kier alpha value is -2.35. The van der Waals surface area contributed by atoms with Crippen LogP contribution < -0.4 is 5.32 Å². The Labute approximate surface area is 118 Å². The molecule has 1 aliphatic heterocycles. The molecule has 0 atom stereocenters. The van der Waals surface area contributed by atoms with Crippen molar-refractivity contribution in [3.63, 3.8) is 0 Å². The molecule has 2 rings (SSSR count). The summed E-state index contributed by atoms with van der Waals surface area (Å²) in [4.78, 5) is 29.3. The minimum Gasteiger partial charge on any atom is -0.342 e. The molecule has 1 fully saturated rings. The Morgan fingerprint density at radius 1 is 1.30 bits per heavy atom. The van der Waals surface area contributed by atoms with Gasteiger partial charge in [-0.1, -0.05) is 5.92 Å². The molecule has 0 radical (unpaired) electrons. The number of hydrogen-bond acceptors (Lipinski definition) is 3. The summed E-state index contributed by atoms with van der Waals surface area (Å²) < 4.78 is 0. The average Bonchev–Trinajstić information content (AvgIpc) is 2.48. The lowest BCUT2D eigenvalue weighted by atomic mass is 10.0. The van der Waals surface area contributed by atoms with Crippen molar-refractivity contribution in [2.75, 3.05) is 13.1 Å². The van der Waals surface area contributed by atoms with Crippen LogP contribution in [0.4, 0.5) is 0 Å². The fourth-order valence-corrected chi connectivity index (χ4v) is 2.24. The van der Waals surface area contributed by atoms with Crippen LogP contribution in [0.1, 0.15) is 30.1 Å². The van der Waals surface area contributed by atoms with Crippen molar-refractivity contribution in [3.05, 3.63) is 30.1 Å². The lowest BCUT2D eigenvalue weighted by Crippen LogP contribution is -2.46. The van der Waals surface area contributed by atoms with Crippen LogP contribution >= 0.6 is 0 Å². The molecule has 104 valence electrons. The maximum absolute atomic E-state index is 12.2. The van der Waals surface area contributed by atoms with Crippen molar-refractivity contribution in [2.45, 2.75) is 25.8 Å². The highest BCUT2D eigenvalue weighted by Crippen LogP contribution is 2.13. The van der Waals surface area contributed by atoms with E-state index in [9.17, 15) is 9.59 Å². The summed E-state index contributed by atoms with van der Waals surface area (Å²) in [5.41, 5.74) is 0.652. The molecule has 1 aromatic heterocycles. The zero-order valence-corrected chi connectivity index (χ0v) is 11.4. The molecule has 1 N–H and O–H groups in total.